The van der Waals surface area contributed by atoms with Crippen LogP contribution in [0.2, 0.25) is 0 Å². The number of benzene rings is 1. The molecule has 102 valence electrons. The third-order valence-corrected chi connectivity index (χ3v) is 4.10. The van der Waals surface area contributed by atoms with Gasteiger partial charge in [0.05, 0.1) is 5.52 Å². The lowest BCUT2D eigenvalue weighted by Crippen LogP contribution is -2.02. The third kappa shape index (κ3) is 3.16. The first-order chi connectivity index (χ1) is 9.93. The van der Waals surface area contributed by atoms with Crippen LogP contribution in [0.3, 0.4) is 0 Å². The number of hydrogen-bond acceptors (Lipinski definition) is 1. The monoisotopic (exact) mass is 263 g/mol. The minimum Gasteiger partial charge on any atom is -0.256 e. The van der Waals surface area contributed by atoms with Gasteiger partial charge in [-0.3, -0.25) is 4.98 Å². The van der Waals surface area contributed by atoms with Crippen molar-refractivity contribution in [2.45, 2.75) is 32.1 Å². The Morgan fingerprint density at radius 2 is 1.80 bits per heavy atom. The predicted molar refractivity (Wildman–Crippen MR) is 86.5 cm³/mol. The van der Waals surface area contributed by atoms with E-state index in [9.17, 15) is 0 Å². The van der Waals surface area contributed by atoms with Gasteiger partial charge in [0.15, 0.2) is 0 Å². The van der Waals surface area contributed by atoms with Crippen molar-refractivity contribution in [2.24, 2.45) is 5.92 Å². The molecule has 0 atom stereocenters. The van der Waals surface area contributed by atoms with Gasteiger partial charge < -0.3 is 0 Å². The lowest BCUT2D eigenvalue weighted by molar-refractivity contribution is 0.419. The van der Waals surface area contributed by atoms with Crippen molar-refractivity contribution >= 4 is 17.0 Å². The second-order valence-electron chi connectivity index (χ2n) is 5.56. The number of para-hydroxylation sites is 1. The van der Waals surface area contributed by atoms with E-state index in [2.05, 4.69) is 53.6 Å². The number of pyridine rings is 1. The Kier molecular flexibility index (Phi) is 4.27. The second kappa shape index (κ2) is 6.51. The van der Waals surface area contributed by atoms with Crippen molar-refractivity contribution in [3.63, 3.8) is 0 Å². The summed E-state index contributed by atoms with van der Waals surface area (Å²) < 4.78 is 0. The topological polar surface area (TPSA) is 12.9 Å². The second-order valence-corrected chi connectivity index (χ2v) is 5.56. The first-order valence-electron chi connectivity index (χ1n) is 7.62. The molecule has 1 heteroatoms. The van der Waals surface area contributed by atoms with E-state index >= 15 is 0 Å². The molecule has 0 bridgehead atoms. The largest absolute Gasteiger partial charge is 0.256 e. The van der Waals surface area contributed by atoms with Crippen LogP contribution in [0, 0.1) is 5.92 Å². The summed E-state index contributed by atoms with van der Waals surface area (Å²) in [5.41, 5.74) is 2.30. The van der Waals surface area contributed by atoms with Crippen molar-refractivity contribution in [3.05, 3.63) is 60.3 Å². The summed E-state index contributed by atoms with van der Waals surface area (Å²) in [6.45, 7) is 0. The van der Waals surface area contributed by atoms with Crippen LogP contribution >= 0.6 is 0 Å². The van der Waals surface area contributed by atoms with Gasteiger partial charge in [0.25, 0.3) is 0 Å². The summed E-state index contributed by atoms with van der Waals surface area (Å²) in [6.07, 6.45) is 17.8. The van der Waals surface area contributed by atoms with E-state index < -0.39 is 0 Å². The highest BCUT2D eigenvalue weighted by Gasteiger charge is 2.08. The van der Waals surface area contributed by atoms with Crippen LogP contribution in [0.15, 0.2) is 54.8 Å². The quantitative estimate of drug-likeness (QED) is 0.677. The number of allylic oxidation sites excluding steroid dienone is 3. The molecule has 0 spiro atoms. The van der Waals surface area contributed by atoms with Crippen LogP contribution < -0.4 is 0 Å². The van der Waals surface area contributed by atoms with Gasteiger partial charge in [-0.2, -0.15) is 0 Å². The molecule has 0 unspecified atom stereocenters. The molecule has 0 saturated heterocycles. The van der Waals surface area contributed by atoms with Crippen molar-refractivity contribution < 1.29 is 0 Å². The molecule has 1 heterocycles. The van der Waals surface area contributed by atoms with Crippen LogP contribution in [0.4, 0.5) is 0 Å². The summed E-state index contributed by atoms with van der Waals surface area (Å²) in [7, 11) is 0. The maximum absolute atomic E-state index is 4.39. The molecule has 1 aromatic heterocycles. The maximum Gasteiger partial charge on any atom is 0.0707 e. The van der Waals surface area contributed by atoms with Gasteiger partial charge in [0, 0.05) is 11.6 Å². The number of fused-ring (bicyclic) bond motifs is 1. The molecular formula is C19H21N. The van der Waals surface area contributed by atoms with Gasteiger partial charge in [0.1, 0.15) is 0 Å². The Morgan fingerprint density at radius 1 is 0.950 bits per heavy atom. The van der Waals surface area contributed by atoms with Crippen LogP contribution in [0.5, 0.6) is 0 Å². The van der Waals surface area contributed by atoms with E-state index in [0.717, 1.165) is 11.4 Å². The van der Waals surface area contributed by atoms with E-state index in [0.29, 0.717) is 0 Å². The molecule has 0 aliphatic heterocycles. The number of hydrogen-bond donors (Lipinski definition) is 0. The fourth-order valence-electron chi connectivity index (χ4n) is 2.97. The van der Waals surface area contributed by atoms with Crippen LogP contribution in [-0.4, -0.2) is 4.98 Å². The summed E-state index contributed by atoms with van der Waals surface area (Å²) >= 11 is 0. The molecular weight excluding hydrogens is 242 g/mol. The summed E-state index contributed by atoms with van der Waals surface area (Å²) in [6, 6.07) is 10.4. The van der Waals surface area contributed by atoms with E-state index in [1.54, 1.807) is 0 Å². The van der Waals surface area contributed by atoms with Crippen molar-refractivity contribution in [1.29, 1.82) is 0 Å². The maximum atomic E-state index is 4.39. The fraction of sp³-hybridized carbons (Fsp3) is 0.316. The zero-order chi connectivity index (χ0) is 13.6. The summed E-state index contributed by atoms with van der Waals surface area (Å²) in [5, 5.41) is 1.22. The van der Waals surface area contributed by atoms with Crippen molar-refractivity contribution in [3.8, 4) is 0 Å². The number of aromatic nitrogens is 1. The number of nitrogens with zero attached hydrogens (tertiary/aromatic N) is 1. The van der Waals surface area contributed by atoms with Gasteiger partial charge >= 0.3 is 0 Å². The molecule has 0 amide bonds. The Labute approximate surface area is 121 Å². The average Bonchev–Trinajstić information content (AvgIpc) is 2.53. The van der Waals surface area contributed by atoms with Gasteiger partial charge in [0.2, 0.25) is 0 Å². The minimum atomic E-state index is 0.794. The summed E-state index contributed by atoms with van der Waals surface area (Å²) in [4.78, 5) is 4.39. The zero-order valence-electron chi connectivity index (χ0n) is 11.8. The van der Waals surface area contributed by atoms with Gasteiger partial charge in [-0.1, -0.05) is 61.8 Å². The third-order valence-electron chi connectivity index (χ3n) is 4.10. The highest BCUT2D eigenvalue weighted by Crippen LogP contribution is 2.24. The van der Waals surface area contributed by atoms with E-state index in [1.165, 1.54) is 43.1 Å². The van der Waals surface area contributed by atoms with Gasteiger partial charge in [-0.25, -0.2) is 0 Å². The Bertz CT molecular complexity index is 613. The molecule has 3 rings (SSSR count). The minimum absolute atomic E-state index is 0.794. The smallest absolute Gasteiger partial charge is 0.0707 e. The van der Waals surface area contributed by atoms with Gasteiger partial charge in [-0.15, -0.1) is 0 Å². The van der Waals surface area contributed by atoms with Crippen LogP contribution in [0.25, 0.3) is 17.0 Å². The SMILES string of the molecule is C(/C=C/C1CCCCC1)=C\c1ccnc2ccccc12. The number of rotatable bonds is 3. The molecule has 1 nitrogen and oxygen atoms in total. The normalized spacial score (nSPS) is 17.4. The van der Waals surface area contributed by atoms with Crippen LogP contribution in [-0.2, 0) is 0 Å². The van der Waals surface area contributed by atoms with Crippen LogP contribution in [0.1, 0.15) is 37.7 Å². The predicted octanol–water partition coefficient (Wildman–Crippen LogP) is 5.38. The average molecular weight is 263 g/mol. The lowest BCUT2D eigenvalue weighted by atomic mass is 9.89. The summed E-state index contributed by atoms with van der Waals surface area (Å²) in [5.74, 6) is 0.794. The van der Waals surface area contributed by atoms with Crippen molar-refractivity contribution in [1.82, 2.24) is 4.98 Å². The van der Waals surface area contributed by atoms with Gasteiger partial charge in [-0.05, 0) is 36.5 Å². The molecule has 1 fully saturated rings. The first-order valence-corrected chi connectivity index (χ1v) is 7.62. The van der Waals surface area contributed by atoms with Crippen molar-refractivity contribution in [2.75, 3.05) is 0 Å². The Balaban J connectivity index is 1.72. The van der Waals surface area contributed by atoms with E-state index in [-0.39, 0.29) is 0 Å². The molecule has 20 heavy (non-hydrogen) atoms. The Hall–Kier alpha value is -1.89. The zero-order valence-corrected chi connectivity index (χ0v) is 11.8. The standard InChI is InChI=1S/C19H21N/c1-2-8-16(9-3-1)10-4-5-11-17-14-15-20-19-13-7-6-12-18(17)19/h4-7,10-16H,1-3,8-9H2/b10-4+,11-5+. The highest BCUT2D eigenvalue weighted by atomic mass is 14.6. The molecule has 0 radical (unpaired) electrons. The van der Waals surface area contributed by atoms with E-state index in [1.807, 2.05) is 12.3 Å². The molecule has 1 aliphatic carbocycles. The highest BCUT2D eigenvalue weighted by molar-refractivity contribution is 5.87. The molecule has 0 N–H and O–H groups in total. The molecule has 1 saturated carbocycles. The molecule has 1 aliphatic rings. The Morgan fingerprint density at radius 3 is 2.70 bits per heavy atom. The molecule has 1 aromatic carbocycles. The first kappa shape index (κ1) is 13.1. The van der Waals surface area contributed by atoms with E-state index in [4.69, 9.17) is 0 Å². The fourth-order valence-corrected chi connectivity index (χ4v) is 2.97. The lowest BCUT2D eigenvalue weighted by Gasteiger charge is -2.17. The molecule has 2 aromatic rings.